The molecule has 0 aromatic carbocycles. The third-order valence-electron chi connectivity index (χ3n) is 3.17. The molecule has 1 aliphatic rings. The van der Waals surface area contributed by atoms with Crippen molar-refractivity contribution in [2.45, 2.75) is 18.9 Å². The van der Waals surface area contributed by atoms with Gasteiger partial charge in [-0.25, -0.2) is 19.2 Å². The predicted octanol–water partition coefficient (Wildman–Crippen LogP) is 0.910. The van der Waals surface area contributed by atoms with E-state index in [0.717, 1.165) is 31.4 Å². The fourth-order valence-corrected chi connectivity index (χ4v) is 2.52. The van der Waals surface area contributed by atoms with E-state index in [2.05, 4.69) is 15.0 Å². The van der Waals surface area contributed by atoms with Gasteiger partial charge in [-0.3, -0.25) is 9.55 Å². The lowest BCUT2D eigenvalue weighted by Crippen LogP contribution is -2.32. The van der Waals surface area contributed by atoms with E-state index < -0.39 is 0 Å². The molecule has 17 heavy (non-hydrogen) atoms. The number of piperidine rings is 1. The molecule has 2 aromatic heterocycles. The highest BCUT2D eigenvalue weighted by Gasteiger charge is 2.22. The highest BCUT2D eigenvalue weighted by Crippen LogP contribution is 2.24. The minimum atomic E-state index is -0.117. The SMILES string of the molecule is O=c1[nH]c2ncncc2n1C1CCN(Cl)CC1. The first-order valence-corrected chi connectivity index (χ1v) is 5.90. The maximum absolute atomic E-state index is 11.9. The van der Waals surface area contributed by atoms with Gasteiger partial charge in [-0.2, -0.15) is 0 Å². The van der Waals surface area contributed by atoms with Gasteiger partial charge in [0.25, 0.3) is 0 Å². The van der Waals surface area contributed by atoms with Crippen molar-refractivity contribution in [2.24, 2.45) is 0 Å². The predicted molar refractivity (Wildman–Crippen MR) is 63.8 cm³/mol. The van der Waals surface area contributed by atoms with Gasteiger partial charge in [0.15, 0.2) is 5.65 Å². The number of aromatic amines is 1. The number of imidazole rings is 1. The van der Waals surface area contributed by atoms with Crippen molar-refractivity contribution >= 4 is 22.9 Å². The lowest BCUT2D eigenvalue weighted by molar-refractivity contribution is 0.283. The number of hydrogen-bond donors (Lipinski definition) is 1. The van der Waals surface area contributed by atoms with E-state index in [1.54, 1.807) is 15.2 Å². The molecular weight excluding hydrogens is 242 g/mol. The van der Waals surface area contributed by atoms with E-state index in [9.17, 15) is 4.79 Å². The Kier molecular flexibility index (Phi) is 2.60. The van der Waals surface area contributed by atoms with E-state index >= 15 is 0 Å². The molecule has 0 bridgehead atoms. The van der Waals surface area contributed by atoms with Gasteiger partial charge in [-0.15, -0.1) is 0 Å². The van der Waals surface area contributed by atoms with Crippen molar-refractivity contribution in [1.29, 1.82) is 0 Å². The Morgan fingerprint density at radius 2 is 2.18 bits per heavy atom. The number of hydrogen-bond acceptors (Lipinski definition) is 4. The highest BCUT2D eigenvalue weighted by molar-refractivity contribution is 6.13. The summed E-state index contributed by atoms with van der Waals surface area (Å²) < 4.78 is 3.51. The Hall–Kier alpha value is -1.40. The molecule has 1 N–H and O–H groups in total. The molecule has 1 fully saturated rings. The van der Waals surface area contributed by atoms with Crippen LogP contribution in [-0.4, -0.2) is 37.0 Å². The van der Waals surface area contributed by atoms with Crippen LogP contribution in [0.4, 0.5) is 0 Å². The highest BCUT2D eigenvalue weighted by atomic mass is 35.5. The van der Waals surface area contributed by atoms with Crippen LogP contribution in [0.5, 0.6) is 0 Å². The Balaban J connectivity index is 2.05. The molecule has 0 unspecified atom stereocenters. The molecule has 3 rings (SSSR count). The van der Waals surface area contributed by atoms with Gasteiger partial charge in [0.2, 0.25) is 0 Å². The second-order valence-electron chi connectivity index (χ2n) is 4.20. The Labute approximate surface area is 102 Å². The third-order valence-corrected chi connectivity index (χ3v) is 3.51. The largest absolute Gasteiger partial charge is 0.327 e. The second kappa shape index (κ2) is 4.12. The minimum absolute atomic E-state index is 0.117. The average Bonchev–Trinajstić information content (AvgIpc) is 2.66. The smallest absolute Gasteiger partial charge is 0.290 e. The molecule has 3 heterocycles. The van der Waals surface area contributed by atoms with E-state index in [4.69, 9.17) is 11.8 Å². The summed E-state index contributed by atoms with van der Waals surface area (Å²) in [6.07, 6.45) is 4.84. The van der Waals surface area contributed by atoms with Gasteiger partial charge in [0, 0.05) is 19.1 Å². The molecule has 0 amide bonds. The fourth-order valence-electron chi connectivity index (χ4n) is 2.32. The quantitative estimate of drug-likeness (QED) is 0.767. The van der Waals surface area contributed by atoms with E-state index in [0.29, 0.717) is 5.65 Å². The van der Waals surface area contributed by atoms with Crippen LogP contribution in [0.2, 0.25) is 0 Å². The second-order valence-corrected chi connectivity index (χ2v) is 4.68. The molecule has 0 saturated carbocycles. The zero-order valence-electron chi connectivity index (χ0n) is 9.14. The summed E-state index contributed by atoms with van der Waals surface area (Å²) in [5.74, 6) is 0. The van der Waals surface area contributed by atoms with E-state index in [-0.39, 0.29) is 11.7 Å². The maximum Gasteiger partial charge on any atom is 0.327 e. The standard InChI is InChI=1S/C10H12ClN5O/c11-15-3-1-7(2-4-15)16-8-5-12-6-13-9(8)14-10(16)17/h5-7H,1-4H2,(H,12,13,14,17). The summed E-state index contributed by atoms with van der Waals surface area (Å²) in [5, 5.41) is 0. The Morgan fingerprint density at radius 1 is 1.41 bits per heavy atom. The molecule has 6 nitrogen and oxygen atoms in total. The van der Waals surface area contributed by atoms with Gasteiger partial charge in [0.1, 0.15) is 11.8 Å². The summed E-state index contributed by atoms with van der Waals surface area (Å²) in [6, 6.07) is 0.178. The van der Waals surface area contributed by atoms with Crippen LogP contribution in [0.15, 0.2) is 17.3 Å². The average molecular weight is 254 g/mol. The summed E-state index contributed by atoms with van der Waals surface area (Å²) in [4.78, 5) is 22.7. The molecule has 0 spiro atoms. The summed E-state index contributed by atoms with van der Waals surface area (Å²) in [5.41, 5.74) is 1.25. The number of nitrogens with zero attached hydrogens (tertiary/aromatic N) is 4. The zero-order valence-corrected chi connectivity index (χ0v) is 9.89. The Morgan fingerprint density at radius 3 is 2.94 bits per heavy atom. The number of rotatable bonds is 1. The van der Waals surface area contributed by atoms with Crippen LogP contribution in [0, 0.1) is 0 Å². The molecule has 1 saturated heterocycles. The van der Waals surface area contributed by atoms with Crippen molar-refractivity contribution in [1.82, 2.24) is 23.9 Å². The first kappa shape index (κ1) is 10.7. The molecule has 90 valence electrons. The van der Waals surface area contributed by atoms with Crippen LogP contribution in [0.1, 0.15) is 18.9 Å². The van der Waals surface area contributed by atoms with Crippen molar-refractivity contribution in [3.8, 4) is 0 Å². The summed E-state index contributed by atoms with van der Waals surface area (Å²) >= 11 is 5.91. The third kappa shape index (κ3) is 1.83. The lowest BCUT2D eigenvalue weighted by Gasteiger charge is -2.27. The summed E-state index contributed by atoms with van der Waals surface area (Å²) in [6.45, 7) is 1.58. The molecule has 7 heteroatoms. The van der Waals surface area contributed by atoms with Gasteiger partial charge in [0.05, 0.1) is 6.20 Å². The van der Waals surface area contributed by atoms with Crippen LogP contribution < -0.4 is 5.69 Å². The van der Waals surface area contributed by atoms with Gasteiger partial charge in [-0.1, -0.05) is 0 Å². The van der Waals surface area contributed by atoms with E-state index in [1.807, 2.05) is 0 Å². The molecule has 0 aliphatic carbocycles. The van der Waals surface area contributed by atoms with Crippen LogP contribution in [0.25, 0.3) is 11.2 Å². The van der Waals surface area contributed by atoms with Crippen LogP contribution >= 0.6 is 11.8 Å². The molecule has 2 aromatic rings. The molecule has 0 atom stereocenters. The molecule has 0 radical (unpaired) electrons. The van der Waals surface area contributed by atoms with Gasteiger partial charge in [-0.05, 0) is 24.6 Å². The van der Waals surface area contributed by atoms with Gasteiger partial charge >= 0.3 is 5.69 Å². The van der Waals surface area contributed by atoms with Crippen LogP contribution in [-0.2, 0) is 0 Å². The zero-order chi connectivity index (χ0) is 11.8. The van der Waals surface area contributed by atoms with Crippen molar-refractivity contribution in [3.05, 3.63) is 23.0 Å². The lowest BCUT2D eigenvalue weighted by atomic mass is 10.1. The van der Waals surface area contributed by atoms with Crippen molar-refractivity contribution in [2.75, 3.05) is 13.1 Å². The number of fused-ring (bicyclic) bond motifs is 1. The molecule has 1 aliphatic heterocycles. The normalized spacial score (nSPS) is 18.9. The summed E-state index contributed by atoms with van der Waals surface area (Å²) in [7, 11) is 0. The number of aromatic nitrogens is 4. The maximum atomic E-state index is 11.9. The monoisotopic (exact) mass is 253 g/mol. The topological polar surface area (TPSA) is 66.8 Å². The minimum Gasteiger partial charge on any atom is -0.290 e. The van der Waals surface area contributed by atoms with Gasteiger partial charge < -0.3 is 0 Å². The fraction of sp³-hybridized carbons (Fsp3) is 0.500. The first-order chi connectivity index (χ1) is 8.25. The number of halogens is 1. The number of H-pyrrole nitrogens is 1. The van der Waals surface area contributed by atoms with Crippen molar-refractivity contribution < 1.29 is 0 Å². The molecular formula is C10H12ClN5O. The van der Waals surface area contributed by atoms with E-state index in [1.165, 1.54) is 6.33 Å². The van der Waals surface area contributed by atoms with Crippen LogP contribution in [0.3, 0.4) is 0 Å². The first-order valence-electron chi connectivity index (χ1n) is 5.56. The Bertz CT molecular complexity index is 584. The number of nitrogens with one attached hydrogen (secondary N) is 1. The van der Waals surface area contributed by atoms with Crippen molar-refractivity contribution in [3.63, 3.8) is 0 Å².